The third kappa shape index (κ3) is 3.53. The number of rotatable bonds is 4. The Balaban J connectivity index is 1.36. The summed E-state index contributed by atoms with van der Waals surface area (Å²) in [6, 6.07) is 8.30. The van der Waals surface area contributed by atoms with E-state index in [2.05, 4.69) is 49.1 Å². The Hall–Kier alpha value is -1.96. The summed E-state index contributed by atoms with van der Waals surface area (Å²) in [6.07, 6.45) is 1.39. The lowest BCUT2D eigenvalue weighted by atomic mass is 9.97. The number of piperazine rings is 1. The van der Waals surface area contributed by atoms with Gasteiger partial charge in [-0.2, -0.15) is 4.98 Å². The molecule has 0 bridgehead atoms. The van der Waals surface area contributed by atoms with Gasteiger partial charge in [-0.25, -0.2) is 9.97 Å². The molecule has 2 aliphatic heterocycles. The fraction of sp³-hybridized carbons (Fsp3) is 0.471. The maximum Gasteiger partial charge on any atom is 0.231 e. The van der Waals surface area contributed by atoms with Crippen LogP contribution in [0.5, 0.6) is 0 Å². The van der Waals surface area contributed by atoms with Gasteiger partial charge in [0.2, 0.25) is 11.2 Å². The van der Waals surface area contributed by atoms with Crippen LogP contribution in [0.3, 0.4) is 0 Å². The molecule has 2 aliphatic rings. The first-order valence-corrected chi connectivity index (χ1v) is 8.80. The van der Waals surface area contributed by atoms with E-state index in [4.69, 9.17) is 16.3 Å². The van der Waals surface area contributed by atoms with Crippen molar-refractivity contribution in [2.45, 2.75) is 12.5 Å². The van der Waals surface area contributed by atoms with Crippen LogP contribution in [0, 0.1) is 0 Å². The monoisotopic (exact) mass is 360 g/mol. The molecule has 0 aliphatic carbocycles. The van der Waals surface area contributed by atoms with Gasteiger partial charge in [-0.3, -0.25) is 4.90 Å². The number of hydrogen-bond acceptors (Lipinski definition) is 7. The number of ether oxygens (including phenoxy) is 1. The van der Waals surface area contributed by atoms with Crippen molar-refractivity contribution in [1.29, 1.82) is 0 Å². The van der Waals surface area contributed by atoms with E-state index in [1.54, 1.807) is 0 Å². The van der Waals surface area contributed by atoms with Gasteiger partial charge in [0.25, 0.3) is 0 Å². The van der Waals surface area contributed by atoms with Crippen molar-refractivity contribution in [2.75, 3.05) is 49.6 Å². The predicted octanol–water partition coefficient (Wildman–Crippen LogP) is 2.18. The van der Waals surface area contributed by atoms with Crippen LogP contribution in [0.25, 0.3) is 0 Å². The lowest BCUT2D eigenvalue weighted by molar-refractivity contribution is -0.131. The number of halogens is 1. The molecule has 0 atom stereocenters. The molecule has 1 N–H and O–H groups in total. The summed E-state index contributed by atoms with van der Waals surface area (Å²) in [7, 11) is 0. The summed E-state index contributed by atoms with van der Waals surface area (Å²) in [5.74, 6) is 0.442. The topological polar surface area (TPSA) is 66.4 Å². The molecule has 1 aromatic carbocycles. The van der Waals surface area contributed by atoms with E-state index in [0.717, 1.165) is 45.1 Å². The zero-order valence-corrected chi connectivity index (χ0v) is 14.9. The van der Waals surface area contributed by atoms with Crippen molar-refractivity contribution >= 4 is 28.9 Å². The summed E-state index contributed by atoms with van der Waals surface area (Å²) >= 11 is 5.78. The molecule has 8 heteroatoms. The van der Waals surface area contributed by atoms with Crippen LogP contribution in [0.4, 0.5) is 17.3 Å². The molecule has 0 radical (unpaired) electrons. The third-order valence-corrected chi connectivity index (χ3v) is 5.08. The minimum absolute atomic E-state index is 0.178. The average Bonchev–Trinajstić information content (AvgIpc) is 2.61. The molecular weight excluding hydrogens is 340 g/mol. The van der Waals surface area contributed by atoms with Crippen LogP contribution >= 0.6 is 11.6 Å². The summed E-state index contributed by atoms with van der Waals surface area (Å²) < 4.78 is 5.39. The fourth-order valence-electron chi connectivity index (χ4n) is 3.31. The Bertz CT molecular complexity index is 728. The number of benzene rings is 1. The summed E-state index contributed by atoms with van der Waals surface area (Å²) in [6.45, 7) is 8.21. The largest absolute Gasteiger partial charge is 0.377 e. The van der Waals surface area contributed by atoms with Gasteiger partial charge in [0, 0.05) is 37.6 Å². The van der Waals surface area contributed by atoms with Crippen molar-refractivity contribution in [2.24, 2.45) is 0 Å². The molecule has 0 amide bonds. The first-order valence-electron chi connectivity index (χ1n) is 8.42. The molecule has 0 unspecified atom stereocenters. The van der Waals surface area contributed by atoms with E-state index in [9.17, 15) is 0 Å². The van der Waals surface area contributed by atoms with Crippen LogP contribution in [0.1, 0.15) is 6.92 Å². The Morgan fingerprint density at radius 3 is 2.40 bits per heavy atom. The van der Waals surface area contributed by atoms with Gasteiger partial charge in [-0.05, 0) is 42.8 Å². The number of anilines is 3. The van der Waals surface area contributed by atoms with Crippen molar-refractivity contribution in [3.8, 4) is 0 Å². The second-order valence-electron chi connectivity index (χ2n) is 6.71. The Labute approximate surface area is 152 Å². The van der Waals surface area contributed by atoms with E-state index in [-0.39, 0.29) is 10.8 Å². The van der Waals surface area contributed by atoms with Gasteiger partial charge in [0.15, 0.2) is 0 Å². The number of hydrogen-bond donors (Lipinski definition) is 1. The van der Waals surface area contributed by atoms with Crippen LogP contribution in [-0.4, -0.2) is 64.8 Å². The maximum atomic E-state index is 5.78. The Morgan fingerprint density at radius 1 is 1.08 bits per heavy atom. The van der Waals surface area contributed by atoms with Crippen LogP contribution < -0.4 is 10.2 Å². The lowest BCUT2D eigenvalue weighted by Gasteiger charge is -2.50. The number of aromatic nitrogens is 3. The SMILES string of the molecule is CC1(N2CCN(c3ccc(Nc4ncnc(Cl)n4)cc3)CC2)COC1. The van der Waals surface area contributed by atoms with Crippen molar-refractivity contribution in [3.63, 3.8) is 0 Å². The average molecular weight is 361 g/mol. The molecule has 0 saturated carbocycles. The van der Waals surface area contributed by atoms with Gasteiger partial charge in [0.05, 0.1) is 18.8 Å². The third-order valence-electron chi connectivity index (χ3n) is 4.90. The second-order valence-corrected chi connectivity index (χ2v) is 7.05. The first-order chi connectivity index (χ1) is 12.1. The molecule has 7 nitrogen and oxygen atoms in total. The van der Waals surface area contributed by atoms with Crippen molar-refractivity contribution in [1.82, 2.24) is 19.9 Å². The zero-order chi connectivity index (χ0) is 17.3. The quantitative estimate of drug-likeness (QED) is 0.896. The molecule has 2 saturated heterocycles. The molecule has 25 heavy (non-hydrogen) atoms. The fourth-order valence-corrected chi connectivity index (χ4v) is 3.43. The highest BCUT2D eigenvalue weighted by molar-refractivity contribution is 6.28. The van der Waals surface area contributed by atoms with E-state index in [0.29, 0.717) is 5.95 Å². The minimum atomic E-state index is 0.178. The Morgan fingerprint density at radius 2 is 1.80 bits per heavy atom. The highest BCUT2D eigenvalue weighted by Crippen LogP contribution is 2.27. The number of nitrogens with zero attached hydrogens (tertiary/aromatic N) is 5. The molecule has 2 aromatic rings. The van der Waals surface area contributed by atoms with Crippen molar-refractivity contribution in [3.05, 3.63) is 35.9 Å². The van der Waals surface area contributed by atoms with Gasteiger partial charge < -0.3 is 15.0 Å². The zero-order valence-electron chi connectivity index (χ0n) is 14.2. The molecule has 4 rings (SSSR count). The van der Waals surface area contributed by atoms with E-state index in [1.165, 1.54) is 12.0 Å². The predicted molar refractivity (Wildman–Crippen MR) is 97.6 cm³/mol. The lowest BCUT2D eigenvalue weighted by Crippen LogP contribution is -2.64. The van der Waals surface area contributed by atoms with Crippen molar-refractivity contribution < 1.29 is 4.74 Å². The van der Waals surface area contributed by atoms with E-state index in [1.807, 2.05) is 12.1 Å². The van der Waals surface area contributed by atoms with Gasteiger partial charge in [-0.1, -0.05) is 0 Å². The highest BCUT2D eigenvalue weighted by atomic mass is 35.5. The smallest absolute Gasteiger partial charge is 0.231 e. The van der Waals surface area contributed by atoms with E-state index >= 15 is 0 Å². The van der Waals surface area contributed by atoms with Crippen LogP contribution in [0.15, 0.2) is 30.6 Å². The number of nitrogens with one attached hydrogen (secondary N) is 1. The highest BCUT2D eigenvalue weighted by Gasteiger charge is 2.40. The van der Waals surface area contributed by atoms with Gasteiger partial charge in [-0.15, -0.1) is 0 Å². The second kappa shape index (κ2) is 6.74. The summed E-state index contributed by atoms with van der Waals surface area (Å²) in [5, 5.41) is 3.31. The molecule has 132 valence electrons. The molecular formula is C17H21ClN6O. The Kier molecular flexibility index (Phi) is 4.45. The molecule has 1 aromatic heterocycles. The summed E-state index contributed by atoms with van der Waals surface area (Å²) in [4.78, 5) is 16.8. The normalized spacial score (nSPS) is 20.2. The van der Waals surface area contributed by atoms with Crippen LogP contribution in [-0.2, 0) is 4.74 Å². The molecule has 3 heterocycles. The van der Waals surface area contributed by atoms with Gasteiger partial charge in [0.1, 0.15) is 6.33 Å². The molecule has 0 spiro atoms. The summed E-state index contributed by atoms with van der Waals surface area (Å²) in [5.41, 5.74) is 2.39. The molecule has 2 fully saturated rings. The van der Waals surface area contributed by atoms with Crippen LogP contribution in [0.2, 0.25) is 5.28 Å². The maximum absolute atomic E-state index is 5.78. The first kappa shape index (κ1) is 16.5. The van der Waals surface area contributed by atoms with E-state index < -0.39 is 0 Å². The standard InChI is InChI=1S/C17H21ClN6O/c1-17(10-25-11-17)24-8-6-23(7-9-24)14-4-2-13(3-5-14)21-16-20-12-19-15(18)22-16/h2-5,12H,6-11H2,1H3,(H,19,20,21,22). The van der Waals surface area contributed by atoms with Gasteiger partial charge >= 0.3 is 0 Å². The minimum Gasteiger partial charge on any atom is -0.377 e.